The van der Waals surface area contributed by atoms with Crippen LogP contribution >= 0.6 is 0 Å². The summed E-state index contributed by atoms with van der Waals surface area (Å²) in [6.45, 7) is 1.53. The van der Waals surface area contributed by atoms with Crippen LogP contribution in [0.4, 0.5) is 5.82 Å². The van der Waals surface area contributed by atoms with Crippen LogP contribution in [-0.4, -0.2) is 34.2 Å². The molecule has 0 bridgehead atoms. The predicted molar refractivity (Wildman–Crippen MR) is 76.1 cm³/mol. The molecule has 22 heavy (non-hydrogen) atoms. The Morgan fingerprint density at radius 2 is 2.05 bits per heavy atom. The van der Waals surface area contributed by atoms with Crippen LogP contribution in [0.2, 0.25) is 0 Å². The number of ether oxygens (including phenoxy) is 3. The Morgan fingerprint density at radius 3 is 2.68 bits per heavy atom. The Balaban J connectivity index is 1.67. The van der Waals surface area contributed by atoms with Crippen LogP contribution in [0.5, 0.6) is 0 Å². The fourth-order valence-electron chi connectivity index (χ4n) is 2.79. The maximum Gasteiger partial charge on any atom is 0.347 e. The van der Waals surface area contributed by atoms with Crippen molar-refractivity contribution in [1.29, 1.82) is 0 Å². The highest BCUT2D eigenvalue weighted by molar-refractivity contribution is 5.23. The molecule has 1 aromatic heterocycles. The molecule has 3 rings (SSSR count). The lowest BCUT2D eigenvalue weighted by Crippen LogP contribution is -2.22. The summed E-state index contributed by atoms with van der Waals surface area (Å²) in [4.78, 5) is 10.8. The maximum absolute atomic E-state index is 11.2. The van der Waals surface area contributed by atoms with Crippen molar-refractivity contribution in [1.82, 2.24) is 9.78 Å². The van der Waals surface area contributed by atoms with E-state index in [2.05, 4.69) is 5.10 Å². The van der Waals surface area contributed by atoms with Gasteiger partial charge in [0.25, 0.3) is 0 Å². The minimum Gasteiger partial charge on any atom is -0.358 e. The average molecular weight is 311 g/mol. The molecule has 2 aliphatic rings. The van der Waals surface area contributed by atoms with Gasteiger partial charge in [-0.15, -0.1) is 4.68 Å². The largest absolute Gasteiger partial charge is 0.358 e. The molecule has 3 heterocycles. The van der Waals surface area contributed by atoms with E-state index in [1.807, 2.05) is 0 Å². The average Bonchev–Trinajstić information content (AvgIpc) is 2.99. The van der Waals surface area contributed by atoms with E-state index in [0.717, 1.165) is 38.5 Å². The third kappa shape index (κ3) is 3.63. The highest BCUT2D eigenvalue weighted by Crippen LogP contribution is 2.27. The number of nitro groups is 1. The first kappa shape index (κ1) is 15.4. The van der Waals surface area contributed by atoms with Crippen molar-refractivity contribution in [2.45, 2.75) is 57.6 Å². The van der Waals surface area contributed by atoms with Gasteiger partial charge in [0, 0.05) is 13.0 Å². The lowest BCUT2D eigenvalue weighted by molar-refractivity contribution is -0.394. The summed E-state index contributed by atoms with van der Waals surface area (Å²) in [7, 11) is 0. The van der Waals surface area contributed by atoms with Crippen molar-refractivity contribution >= 4 is 5.82 Å². The van der Waals surface area contributed by atoms with Gasteiger partial charge in [-0.25, -0.2) is 0 Å². The molecule has 0 amide bonds. The minimum absolute atomic E-state index is 0.0462. The fraction of sp³-hybridized carbons (Fsp3) is 0.786. The molecule has 0 aromatic carbocycles. The third-order valence-corrected chi connectivity index (χ3v) is 3.94. The lowest BCUT2D eigenvalue weighted by atomic mass is 10.2. The second-order valence-electron chi connectivity index (χ2n) is 5.62. The van der Waals surface area contributed by atoms with E-state index in [0.29, 0.717) is 18.9 Å². The van der Waals surface area contributed by atoms with Gasteiger partial charge in [0.05, 0.1) is 19.3 Å². The predicted octanol–water partition coefficient (Wildman–Crippen LogP) is 2.53. The van der Waals surface area contributed by atoms with Crippen LogP contribution in [0, 0.1) is 10.1 Å². The van der Waals surface area contributed by atoms with E-state index in [1.165, 1.54) is 10.7 Å². The van der Waals surface area contributed by atoms with Crippen molar-refractivity contribution < 1.29 is 19.1 Å². The second kappa shape index (κ2) is 7.17. The molecule has 0 aliphatic carbocycles. The van der Waals surface area contributed by atoms with Gasteiger partial charge in [-0.05, 0) is 37.0 Å². The zero-order valence-electron chi connectivity index (χ0n) is 12.5. The van der Waals surface area contributed by atoms with Gasteiger partial charge in [0.1, 0.15) is 5.69 Å². The van der Waals surface area contributed by atoms with Crippen molar-refractivity contribution in [2.24, 2.45) is 0 Å². The Kier molecular flexibility index (Phi) is 5.01. The van der Waals surface area contributed by atoms with Gasteiger partial charge in [-0.2, -0.15) is 0 Å². The maximum atomic E-state index is 11.2. The Labute approximate surface area is 128 Å². The fourth-order valence-corrected chi connectivity index (χ4v) is 2.79. The van der Waals surface area contributed by atoms with Crippen molar-refractivity contribution in [2.75, 3.05) is 13.2 Å². The summed E-state index contributed by atoms with van der Waals surface area (Å²) in [6, 6.07) is 1.46. The number of hydrogen-bond donors (Lipinski definition) is 0. The highest BCUT2D eigenvalue weighted by Gasteiger charge is 2.29. The molecule has 2 fully saturated rings. The van der Waals surface area contributed by atoms with Crippen LogP contribution in [0.1, 0.15) is 50.4 Å². The van der Waals surface area contributed by atoms with Crippen LogP contribution in [0.3, 0.4) is 0 Å². The topological polar surface area (TPSA) is 88.7 Å². The first-order valence-electron chi connectivity index (χ1n) is 7.81. The third-order valence-electron chi connectivity index (χ3n) is 3.94. The molecule has 1 aromatic rings. The number of nitrogens with zero attached hydrogens (tertiary/aromatic N) is 3. The summed E-state index contributed by atoms with van der Waals surface area (Å²) < 4.78 is 18.1. The number of rotatable bonds is 5. The van der Waals surface area contributed by atoms with E-state index in [-0.39, 0.29) is 24.9 Å². The molecule has 0 N–H and O–H groups in total. The summed E-state index contributed by atoms with van der Waals surface area (Å²) in [5.41, 5.74) is 0.537. The molecule has 0 spiro atoms. The molecular formula is C14H21N3O5. The SMILES string of the molecule is O=[N+]([O-])c1cc(CO[C@@H]2CCCCO2)nn1[C@@H]1CCCCO1. The van der Waals surface area contributed by atoms with Gasteiger partial charge in [0.15, 0.2) is 6.29 Å². The molecule has 2 atom stereocenters. The molecule has 8 heteroatoms. The quantitative estimate of drug-likeness (QED) is 0.613. The van der Waals surface area contributed by atoms with Crippen LogP contribution in [-0.2, 0) is 20.8 Å². The van der Waals surface area contributed by atoms with Crippen molar-refractivity contribution in [3.8, 4) is 0 Å². The summed E-state index contributed by atoms with van der Waals surface area (Å²) in [5.74, 6) is -0.0462. The summed E-state index contributed by atoms with van der Waals surface area (Å²) in [6.07, 6.45) is 5.12. The van der Waals surface area contributed by atoms with Crippen LogP contribution < -0.4 is 0 Å². The lowest BCUT2D eigenvalue weighted by Gasteiger charge is -2.22. The van der Waals surface area contributed by atoms with Crippen molar-refractivity contribution in [3.63, 3.8) is 0 Å². The molecule has 8 nitrogen and oxygen atoms in total. The molecule has 2 aliphatic heterocycles. The monoisotopic (exact) mass is 311 g/mol. The minimum atomic E-state index is -0.425. The van der Waals surface area contributed by atoms with E-state index in [9.17, 15) is 10.1 Å². The zero-order chi connectivity index (χ0) is 15.4. The Morgan fingerprint density at radius 1 is 1.27 bits per heavy atom. The van der Waals surface area contributed by atoms with Crippen LogP contribution in [0.25, 0.3) is 0 Å². The zero-order valence-corrected chi connectivity index (χ0v) is 12.5. The summed E-state index contributed by atoms with van der Waals surface area (Å²) in [5, 5.41) is 15.5. The van der Waals surface area contributed by atoms with Gasteiger partial charge >= 0.3 is 5.82 Å². The molecular weight excluding hydrogens is 290 g/mol. The normalized spacial score (nSPS) is 26.0. The van der Waals surface area contributed by atoms with E-state index in [1.54, 1.807) is 0 Å². The Bertz CT molecular complexity index is 507. The first-order chi connectivity index (χ1) is 10.7. The van der Waals surface area contributed by atoms with Crippen LogP contribution in [0.15, 0.2) is 6.07 Å². The first-order valence-corrected chi connectivity index (χ1v) is 7.81. The second-order valence-corrected chi connectivity index (χ2v) is 5.62. The van der Waals surface area contributed by atoms with E-state index >= 15 is 0 Å². The molecule has 122 valence electrons. The highest BCUT2D eigenvalue weighted by atomic mass is 16.7. The smallest absolute Gasteiger partial charge is 0.347 e. The van der Waals surface area contributed by atoms with Gasteiger partial charge in [-0.3, -0.25) is 0 Å². The van der Waals surface area contributed by atoms with E-state index < -0.39 is 4.92 Å². The van der Waals surface area contributed by atoms with Gasteiger partial charge < -0.3 is 24.3 Å². The van der Waals surface area contributed by atoms with Crippen molar-refractivity contribution in [3.05, 3.63) is 21.9 Å². The van der Waals surface area contributed by atoms with Gasteiger partial charge in [-0.1, -0.05) is 5.10 Å². The standard InChI is InChI=1S/C14H21N3O5/c18-17(19)12-9-11(10-22-14-6-2-4-8-21-14)15-16(12)13-5-1-3-7-20-13/h9,13-14H,1-8,10H2/t13-,14+/m0/s1. The molecule has 0 saturated carbocycles. The molecule has 2 saturated heterocycles. The van der Waals surface area contributed by atoms with Gasteiger partial charge in [0.2, 0.25) is 6.23 Å². The number of hydrogen-bond acceptors (Lipinski definition) is 6. The summed E-state index contributed by atoms with van der Waals surface area (Å²) >= 11 is 0. The van der Waals surface area contributed by atoms with E-state index in [4.69, 9.17) is 14.2 Å². The Hall–Kier alpha value is -1.51. The molecule has 0 unspecified atom stereocenters. The molecule has 0 radical (unpaired) electrons. The number of aromatic nitrogens is 2.